The van der Waals surface area contributed by atoms with Crippen LogP contribution >= 0.6 is 0 Å². The van der Waals surface area contributed by atoms with E-state index < -0.39 is 0 Å². The first-order chi connectivity index (χ1) is 7.54. The summed E-state index contributed by atoms with van der Waals surface area (Å²) in [5.41, 5.74) is 0. The molecule has 16 heavy (non-hydrogen) atoms. The lowest BCUT2D eigenvalue weighted by atomic mass is 10.4. The van der Waals surface area contributed by atoms with Gasteiger partial charge in [-0.3, -0.25) is 0 Å². The molecule has 1 aromatic heterocycles. The van der Waals surface area contributed by atoms with E-state index in [9.17, 15) is 0 Å². The van der Waals surface area contributed by atoms with E-state index in [2.05, 4.69) is 9.97 Å². The third-order valence-corrected chi connectivity index (χ3v) is 2.31. The Labute approximate surface area is 96.7 Å². The van der Waals surface area contributed by atoms with Crippen LogP contribution in [0.4, 0.5) is 11.6 Å². The van der Waals surface area contributed by atoms with Crippen molar-refractivity contribution in [1.29, 1.82) is 0 Å². The quantitative estimate of drug-likeness (QED) is 0.796. The highest BCUT2D eigenvalue weighted by Gasteiger charge is 2.07. The van der Waals surface area contributed by atoms with E-state index in [4.69, 9.17) is 5.11 Å². The van der Waals surface area contributed by atoms with Gasteiger partial charge >= 0.3 is 0 Å². The second kappa shape index (κ2) is 5.65. The largest absolute Gasteiger partial charge is 0.396 e. The molecule has 1 N–H and O–H groups in total. The van der Waals surface area contributed by atoms with E-state index in [0.717, 1.165) is 30.4 Å². The van der Waals surface area contributed by atoms with Gasteiger partial charge in [-0.05, 0) is 13.3 Å². The van der Waals surface area contributed by atoms with Crippen LogP contribution in [-0.4, -0.2) is 49.4 Å². The van der Waals surface area contributed by atoms with Crippen LogP contribution in [0.15, 0.2) is 6.07 Å². The van der Waals surface area contributed by atoms with Crippen LogP contribution in [-0.2, 0) is 0 Å². The summed E-state index contributed by atoms with van der Waals surface area (Å²) in [6, 6.07) is 1.95. The lowest BCUT2D eigenvalue weighted by Crippen LogP contribution is -2.22. The fraction of sp³-hybridized carbons (Fsp3) is 0.636. The normalized spacial score (nSPS) is 10.3. The predicted octanol–water partition coefficient (Wildman–Crippen LogP) is 0.670. The van der Waals surface area contributed by atoms with E-state index >= 15 is 0 Å². The first kappa shape index (κ1) is 12.7. The van der Waals surface area contributed by atoms with Gasteiger partial charge in [0, 0.05) is 40.4 Å². The van der Waals surface area contributed by atoms with Gasteiger partial charge in [0.1, 0.15) is 17.5 Å². The minimum absolute atomic E-state index is 0.203. The summed E-state index contributed by atoms with van der Waals surface area (Å²) >= 11 is 0. The second-order valence-electron chi connectivity index (χ2n) is 4.02. The van der Waals surface area contributed by atoms with Gasteiger partial charge in [-0.1, -0.05) is 0 Å². The molecule has 5 heteroatoms. The van der Waals surface area contributed by atoms with Crippen LogP contribution in [0.5, 0.6) is 0 Å². The Bertz CT molecular complexity index is 341. The summed E-state index contributed by atoms with van der Waals surface area (Å²) in [5.74, 6) is 2.56. The Kier molecular flexibility index (Phi) is 4.49. The minimum atomic E-state index is 0.203. The van der Waals surface area contributed by atoms with Crippen LogP contribution in [0.25, 0.3) is 0 Å². The number of nitrogens with zero attached hydrogens (tertiary/aromatic N) is 4. The first-order valence-corrected chi connectivity index (χ1v) is 5.39. The third-order valence-electron chi connectivity index (χ3n) is 2.31. The number of aliphatic hydroxyl groups is 1. The summed E-state index contributed by atoms with van der Waals surface area (Å²) in [4.78, 5) is 12.7. The molecule has 0 spiro atoms. The molecule has 0 aliphatic heterocycles. The summed E-state index contributed by atoms with van der Waals surface area (Å²) in [5, 5.41) is 8.79. The van der Waals surface area contributed by atoms with Crippen molar-refractivity contribution in [2.45, 2.75) is 13.3 Å². The van der Waals surface area contributed by atoms with Crippen molar-refractivity contribution in [2.24, 2.45) is 0 Å². The predicted molar refractivity (Wildman–Crippen MR) is 66.1 cm³/mol. The molecule has 0 radical (unpaired) electrons. The van der Waals surface area contributed by atoms with E-state index in [1.54, 1.807) is 0 Å². The van der Waals surface area contributed by atoms with Gasteiger partial charge in [0.2, 0.25) is 0 Å². The lowest BCUT2D eigenvalue weighted by molar-refractivity contribution is 0.290. The number of hydrogen-bond acceptors (Lipinski definition) is 5. The zero-order valence-electron chi connectivity index (χ0n) is 10.4. The number of rotatable bonds is 5. The van der Waals surface area contributed by atoms with Crippen molar-refractivity contribution < 1.29 is 5.11 Å². The number of hydrogen-bond donors (Lipinski definition) is 1. The standard InChI is InChI=1S/C11H20N4O/c1-9-12-10(14(2)3)8-11(13-9)15(4)6-5-7-16/h8,16H,5-7H2,1-4H3. The molecule has 90 valence electrons. The molecule has 0 fully saturated rings. The highest BCUT2D eigenvalue weighted by molar-refractivity contribution is 5.49. The maximum Gasteiger partial charge on any atom is 0.134 e. The second-order valence-corrected chi connectivity index (χ2v) is 4.02. The summed E-state index contributed by atoms with van der Waals surface area (Å²) in [6.07, 6.45) is 0.747. The molecule has 1 rings (SSSR count). The molecule has 0 saturated carbocycles. The Morgan fingerprint density at radius 3 is 2.38 bits per heavy atom. The Hall–Kier alpha value is -1.36. The average molecular weight is 224 g/mol. The third kappa shape index (κ3) is 3.34. The van der Waals surface area contributed by atoms with Crippen LogP contribution in [0.3, 0.4) is 0 Å². The fourth-order valence-corrected chi connectivity index (χ4v) is 1.38. The number of aromatic nitrogens is 2. The SMILES string of the molecule is Cc1nc(N(C)C)cc(N(C)CCCO)n1. The molecular weight excluding hydrogens is 204 g/mol. The van der Waals surface area contributed by atoms with Crippen LogP contribution in [0, 0.1) is 6.92 Å². The Balaban J connectivity index is 2.86. The highest BCUT2D eigenvalue weighted by Crippen LogP contribution is 2.16. The van der Waals surface area contributed by atoms with Crippen LogP contribution in [0.1, 0.15) is 12.2 Å². The van der Waals surface area contributed by atoms with E-state index in [1.165, 1.54) is 0 Å². The molecule has 1 heterocycles. The molecule has 0 atom stereocenters. The molecule has 5 nitrogen and oxygen atoms in total. The summed E-state index contributed by atoms with van der Waals surface area (Å²) in [7, 11) is 5.88. The molecule has 1 aromatic rings. The molecular formula is C11H20N4O. The molecule has 0 amide bonds. The topological polar surface area (TPSA) is 52.5 Å². The average Bonchev–Trinajstić information content (AvgIpc) is 2.24. The van der Waals surface area contributed by atoms with Crippen molar-refractivity contribution in [2.75, 3.05) is 44.1 Å². The molecule has 0 saturated heterocycles. The lowest BCUT2D eigenvalue weighted by Gasteiger charge is -2.20. The van der Waals surface area contributed by atoms with Crippen LogP contribution in [0.2, 0.25) is 0 Å². The summed E-state index contributed by atoms with van der Waals surface area (Å²) in [6.45, 7) is 2.88. The highest BCUT2D eigenvalue weighted by atomic mass is 16.3. The van der Waals surface area contributed by atoms with Crippen molar-refractivity contribution in [3.8, 4) is 0 Å². The van der Waals surface area contributed by atoms with E-state index in [1.807, 2.05) is 43.9 Å². The molecule has 0 aromatic carbocycles. The van der Waals surface area contributed by atoms with Crippen molar-refractivity contribution in [3.05, 3.63) is 11.9 Å². The van der Waals surface area contributed by atoms with Gasteiger partial charge in [0.25, 0.3) is 0 Å². The summed E-state index contributed by atoms with van der Waals surface area (Å²) < 4.78 is 0. The first-order valence-electron chi connectivity index (χ1n) is 5.39. The number of anilines is 2. The van der Waals surface area contributed by atoms with E-state index in [-0.39, 0.29) is 6.61 Å². The molecule has 0 unspecified atom stereocenters. The molecule has 0 aliphatic carbocycles. The van der Waals surface area contributed by atoms with Crippen molar-refractivity contribution >= 4 is 11.6 Å². The zero-order chi connectivity index (χ0) is 12.1. The van der Waals surface area contributed by atoms with Gasteiger partial charge in [-0.2, -0.15) is 0 Å². The Morgan fingerprint density at radius 1 is 1.19 bits per heavy atom. The Morgan fingerprint density at radius 2 is 1.81 bits per heavy atom. The van der Waals surface area contributed by atoms with Gasteiger partial charge in [-0.15, -0.1) is 0 Å². The van der Waals surface area contributed by atoms with Gasteiger partial charge < -0.3 is 14.9 Å². The monoisotopic (exact) mass is 224 g/mol. The molecule has 0 bridgehead atoms. The van der Waals surface area contributed by atoms with Crippen LogP contribution < -0.4 is 9.80 Å². The fourth-order valence-electron chi connectivity index (χ4n) is 1.38. The molecule has 0 aliphatic rings. The van der Waals surface area contributed by atoms with Gasteiger partial charge in [0.05, 0.1) is 0 Å². The number of aryl methyl sites for hydroxylation is 1. The maximum atomic E-state index is 8.79. The van der Waals surface area contributed by atoms with Crippen molar-refractivity contribution in [3.63, 3.8) is 0 Å². The van der Waals surface area contributed by atoms with Crippen molar-refractivity contribution in [1.82, 2.24) is 9.97 Å². The number of aliphatic hydroxyl groups excluding tert-OH is 1. The maximum absolute atomic E-state index is 8.79. The van der Waals surface area contributed by atoms with E-state index in [0.29, 0.717) is 0 Å². The van der Waals surface area contributed by atoms with Gasteiger partial charge in [-0.25, -0.2) is 9.97 Å². The zero-order valence-corrected chi connectivity index (χ0v) is 10.4. The van der Waals surface area contributed by atoms with Gasteiger partial charge in [0.15, 0.2) is 0 Å². The smallest absolute Gasteiger partial charge is 0.134 e. The minimum Gasteiger partial charge on any atom is -0.396 e.